The molecule has 148 valence electrons. The topological polar surface area (TPSA) is 89.0 Å². The Morgan fingerprint density at radius 1 is 1.23 bits per heavy atom. The molecule has 0 unspecified atom stereocenters. The Hall–Kier alpha value is -1.80. The van der Waals surface area contributed by atoms with Crippen molar-refractivity contribution in [2.45, 2.75) is 26.8 Å². The lowest BCUT2D eigenvalue weighted by molar-refractivity contribution is 0.145. The Kier molecular flexibility index (Phi) is 10.0. The molecule has 0 atom stereocenters. The first-order valence-electron chi connectivity index (χ1n) is 8.77. The highest BCUT2D eigenvalue weighted by Crippen LogP contribution is 2.21. The van der Waals surface area contributed by atoms with Gasteiger partial charge < -0.3 is 20.1 Å². The van der Waals surface area contributed by atoms with Gasteiger partial charge in [0.15, 0.2) is 5.96 Å². The summed E-state index contributed by atoms with van der Waals surface area (Å²) in [6.45, 7) is 6.75. The normalized spacial score (nSPS) is 12.1. The van der Waals surface area contributed by atoms with Gasteiger partial charge in [-0.3, -0.25) is 0 Å². The van der Waals surface area contributed by atoms with Crippen LogP contribution < -0.4 is 15.4 Å². The number of hydrogen-bond acceptors (Lipinski definition) is 5. The number of ether oxygens (including phenoxy) is 2. The van der Waals surface area contributed by atoms with Gasteiger partial charge in [-0.25, -0.2) is 13.4 Å². The highest BCUT2D eigenvalue weighted by molar-refractivity contribution is 7.90. The lowest BCUT2D eigenvalue weighted by Gasteiger charge is -2.13. The minimum absolute atomic E-state index is 0.162. The predicted molar refractivity (Wildman–Crippen MR) is 106 cm³/mol. The van der Waals surface area contributed by atoms with Crippen molar-refractivity contribution in [3.05, 3.63) is 29.3 Å². The van der Waals surface area contributed by atoms with Gasteiger partial charge in [0.25, 0.3) is 0 Å². The predicted octanol–water partition coefficient (Wildman–Crippen LogP) is 1.51. The van der Waals surface area contributed by atoms with E-state index in [1.54, 1.807) is 7.11 Å². The number of rotatable bonds is 11. The summed E-state index contributed by atoms with van der Waals surface area (Å²) in [5.41, 5.74) is 2.11. The zero-order valence-corrected chi connectivity index (χ0v) is 17.0. The molecule has 0 bridgehead atoms. The molecule has 0 aliphatic carbocycles. The van der Waals surface area contributed by atoms with Crippen molar-refractivity contribution in [1.82, 2.24) is 10.6 Å². The van der Waals surface area contributed by atoms with Crippen LogP contribution in [0, 0.1) is 6.92 Å². The van der Waals surface area contributed by atoms with Crippen molar-refractivity contribution in [3.8, 4) is 5.75 Å². The number of hydrogen-bond donors (Lipinski definition) is 2. The van der Waals surface area contributed by atoms with Gasteiger partial charge >= 0.3 is 0 Å². The van der Waals surface area contributed by atoms with Crippen LogP contribution in [0.15, 0.2) is 23.2 Å². The molecule has 0 saturated carbocycles. The van der Waals surface area contributed by atoms with Crippen molar-refractivity contribution >= 4 is 15.8 Å². The van der Waals surface area contributed by atoms with E-state index in [0.717, 1.165) is 23.4 Å². The van der Waals surface area contributed by atoms with Crippen molar-refractivity contribution in [2.75, 3.05) is 45.4 Å². The molecule has 8 heteroatoms. The fraction of sp³-hybridized carbons (Fsp3) is 0.611. The summed E-state index contributed by atoms with van der Waals surface area (Å²) >= 11 is 0. The minimum atomic E-state index is -2.94. The van der Waals surface area contributed by atoms with Crippen LogP contribution in [0.3, 0.4) is 0 Å². The molecule has 0 aliphatic heterocycles. The molecule has 26 heavy (non-hydrogen) atoms. The average molecular weight is 386 g/mol. The quantitative estimate of drug-likeness (QED) is 0.341. The smallest absolute Gasteiger partial charge is 0.191 e. The minimum Gasteiger partial charge on any atom is -0.491 e. The van der Waals surface area contributed by atoms with E-state index in [1.807, 2.05) is 32.0 Å². The first-order valence-corrected chi connectivity index (χ1v) is 10.8. The number of methoxy groups -OCH3 is 1. The molecule has 0 aliphatic rings. The van der Waals surface area contributed by atoms with Crippen molar-refractivity contribution < 1.29 is 17.9 Å². The van der Waals surface area contributed by atoms with Crippen LogP contribution in [0.5, 0.6) is 5.75 Å². The summed E-state index contributed by atoms with van der Waals surface area (Å²) in [6.07, 6.45) is 1.79. The van der Waals surface area contributed by atoms with E-state index >= 15 is 0 Å². The van der Waals surface area contributed by atoms with Crippen molar-refractivity contribution in [1.29, 1.82) is 0 Å². The van der Waals surface area contributed by atoms with Crippen molar-refractivity contribution in [3.63, 3.8) is 0 Å². The van der Waals surface area contributed by atoms with Gasteiger partial charge in [-0.2, -0.15) is 0 Å². The molecule has 0 amide bonds. The van der Waals surface area contributed by atoms with Gasteiger partial charge in [-0.15, -0.1) is 0 Å². The van der Waals surface area contributed by atoms with E-state index in [1.165, 1.54) is 6.26 Å². The van der Waals surface area contributed by atoms with Crippen LogP contribution in [0.25, 0.3) is 0 Å². The molecular weight excluding hydrogens is 354 g/mol. The van der Waals surface area contributed by atoms with Crippen LogP contribution in [0.1, 0.15) is 24.5 Å². The van der Waals surface area contributed by atoms with Crippen LogP contribution in [-0.2, 0) is 21.1 Å². The van der Waals surface area contributed by atoms with Gasteiger partial charge in [-0.05, 0) is 31.9 Å². The van der Waals surface area contributed by atoms with Crippen LogP contribution in [0.2, 0.25) is 0 Å². The number of guanidine groups is 1. The third-order valence-electron chi connectivity index (χ3n) is 3.50. The average Bonchev–Trinajstić information content (AvgIpc) is 2.57. The lowest BCUT2D eigenvalue weighted by atomic mass is 10.1. The zero-order chi connectivity index (χ0) is 19.4. The van der Waals surface area contributed by atoms with Gasteiger partial charge in [0.2, 0.25) is 0 Å². The molecule has 1 rings (SSSR count). The maximum absolute atomic E-state index is 11.2. The Balaban J connectivity index is 2.69. The van der Waals surface area contributed by atoms with Crippen molar-refractivity contribution in [2.24, 2.45) is 4.99 Å². The van der Waals surface area contributed by atoms with E-state index in [4.69, 9.17) is 9.47 Å². The number of benzene rings is 1. The molecule has 0 saturated heterocycles. The molecule has 0 aromatic heterocycles. The van der Waals surface area contributed by atoms with Gasteiger partial charge in [0.05, 0.1) is 18.9 Å². The maximum atomic E-state index is 11.2. The summed E-state index contributed by atoms with van der Waals surface area (Å²) in [7, 11) is -1.30. The van der Waals surface area contributed by atoms with E-state index in [9.17, 15) is 8.42 Å². The molecular formula is C18H31N3O4S. The zero-order valence-electron chi connectivity index (χ0n) is 16.2. The van der Waals surface area contributed by atoms with E-state index in [2.05, 4.69) is 15.6 Å². The molecule has 2 N–H and O–H groups in total. The fourth-order valence-electron chi connectivity index (χ4n) is 2.21. The Bertz CT molecular complexity index is 675. The second kappa shape index (κ2) is 11.7. The Labute approximate surface area is 157 Å². The second-order valence-electron chi connectivity index (χ2n) is 6.06. The van der Waals surface area contributed by atoms with Crippen LogP contribution >= 0.6 is 0 Å². The highest BCUT2D eigenvalue weighted by Gasteiger charge is 2.06. The monoisotopic (exact) mass is 385 g/mol. The lowest BCUT2D eigenvalue weighted by Crippen LogP contribution is -2.38. The molecule has 7 nitrogen and oxygen atoms in total. The SMILES string of the molecule is CCNC(=NCc1ccc(C)cc1OCCOC)NCCCS(C)(=O)=O. The van der Waals surface area contributed by atoms with Gasteiger partial charge in [0, 0.05) is 32.0 Å². The van der Waals surface area contributed by atoms with E-state index in [-0.39, 0.29) is 5.75 Å². The molecule has 0 heterocycles. The van der Waals surface area contributed by atoms with Gasteiger partial charge in [-0.1, -0.05) is 12.1 Å². The molecule has 1 aromatic rings. The first-order chi connectivity index (χ1) is 12.4. The third kappa shape index (κ3) is 9.62. The second-order valence-corrected chi connectivity index (χ2v) is 8.32. The number of aliphatic imine (C=N–C) groups is 1. The first kappa shape index (κ1) is 22.2. The standard InChI is InChI=1S/C18H31N3O4S/c1-5-19-18(20-9-6-12-26(4,22)23)21-14-16-8-7-15(2)13-17(16)25-11-10-24-3/h7-8,13H,5-6,9-12,14H2,1-4H3,(H2,19,20,21). The maximum Gasteiger partial charge on any atom is 0.191 e. The summed E-state index contributed by atoms with van der Waals surface area (Å²) in [6, 6.07) is 6.03. The largest absolute Gasteiger partial charge is 0.491 e. The number of nitrogens with zero attached hydrogens (tertiary/aromatic N) is 1. The number of sulfone groups is 1. The number of nitrogens with one attached hydrogen (secondary N) is 2. The van der Waals surface area contributed by atoms with E-state index in [0.29, 0.717) is 38.7 Å². The summed E-state index contributed by atoms with van der Waals surface area (Å²) in [4.78, 5) is 4.57. The summed E-state index contributed by atoms with van der Waals surface area (Å²) in [5.74, 6) is 1.62. The summed E-state index contributed by atoms with van der Waals surface area (Å²) < 4.78 is 33.2. The molecule has 0 radical (unpaired) electrons. The highest BCUT2D eigenvalue weighted by atomic mass is 32.2. The van der Waals surface area contributed by atoms with Gasteiger partial charge in [0.1, 0.15) is 22.2 Å². The molecule has 0 fully saturated rings. The number of aryl methyl sites for hydroxylation is 1. The Morgan fingerprint density at radius 2 is 2.00 bits per heavy atom. The van der Waals surface area contributed by atoms with Crippen LogP contribution in [-0.4, -0.2) is 59.8 Å². The fourth-order valence-corrected chi connectivity index (χ4v) is 2.88. The molecule has 1 aromatic carbocycles. The summed E-state index contributed by atoms with van der Waals surface area (Å²) in [5, 5.41) is 6.32. The Morgan fingerprint density at radius 3 is 2.65 bits per heavy atom. The third-order valence-corrected chi connectivity index (χ3v) is 4.53. The van der Waals surface area contributed by atoms with Crippen LogP contribution in [0.4, 0.5) is 0 Å². The van der Waals surface area contributed by atoms with E-state index < -0.39 is 9.84 Å². The molecule has 0 spiro atoms.